The lowest BCUT2D eigenvalue weighted by molar-refractivity contribution is 0.429. The fourth-order valence-electron chi connectivity index (χ4n) is 2.78. The van der Waals surface area contributed by atoms with Crippen LogP contribution in [0, 0.1) is 11.6 Å². The van der Waals surface area contributed by atoms with Crippen molar-refractivity contribution in [2.24, 2.45) is 0 Å². The zero-order valence-electron chi connectivity index (χ0n) is 11.2. The lowest BCUT2D eigenvalue weighted by Crippen LogP contribution is -2.06. The molecule has 5 heteroatoms. The quantitative estimate of drug-likeness (QED) is 0.929. The van der Waals surface area contributed by atoms with Crippen molar-refractivity contribution in [1.82, 2.24) is 15.2 Å². The third kappa shape index (κ3) is 2.86. The molecule has 0 atom stereocenters. The summed E-state index contributed by atoms with van der Waals surface area (Å²) in [7, 11) is 0. The van der Waals surface area contributed by atoms with Crippen LogP contribution in [0.5, 0.6) is 0 Å². The van der Waals surface area contributed by atoms with E-state index in [1.54, 1.807) is 0 Å². The Labute approximate surface area is 116 Å². The van der Waals surface area contributed by atoms with Gasteiger partial charge in [0.2, 0.25) is 0 Å². The Balaban J connectivity index is 1.73. The average Bonchev–Trinajstić information content (AvgIpc) is 2.92. The molecule has 0 aliphatic heterocycles. The van der Waals surface area contributed by atoms with Crippen molar-refractivity contribution < 1.29 is 8.78 Å². The molecule has 3 rings (SSSR count). The third-order valence-corrected chi connectivity index (χ3v) is 3.89. The molecule has 1 aromatic carbocycles. The van der Waals surface area contributed by atoms with Gasteiger partial charge in [0.25, 0.3) is 0 Å². The summed E-state index contributed by atoms with van der Waals surface area (Å²) in [4.78, 5) is 4.47. The summed E-state index contributed by atoms with van der Waals surface area (Å²) < 4.78 is 26.5. The van der Waals surface area contributed by atoms with Crippen molar-refractivity contribution in [3.63, 3.8) is 0 Å². The summed E-state index contributed by atoms with van der Waals surface area (Å²) in [5.74, 6) is 0.789. The first-order chi connectivity index (χ1) is 9.72. The maximum absolute atomic E-state index is 13.6. The molecule has 0 saturated heterocycles. The number of rotatable bonds is 3. The number of benzene rings is 1. The van der Waals surface area contributed by atoms with Gasteiger partial charge < -0.3 is 0 Å². The first kappa shape index (κ1) is 13.2. The Morgan fingerprint density at radius 1 is 1.15 bits per heavy atom. The van der Waals surface area contributed by atoms with E-state index in [1.807, 2.05) is 0 Å². The number of aromatic amines is 1. The van der Waals surface area contributed by atoms with E-state index in [9.17, 15) is 8.78 Å². The van der Waals surface area contributed by atoms with E-state index in [0.717, 1.165) is 24.7 Å². The Kier molecular flexibility index (Phi) is 3.76. The molecule has 2 aromatic rings. The van der Waals surface area contributed by atoms with Crippen LogP contribution in [0.25, 0.3) is 0 Å². The molecule has 1 aliphatic carbocycles. The third-order valence-electron chi connectivity index (χ3n) is 3.89. The number of H-pyrrole nitrogens is 1. The summed E-state index contributed by atoms with van der Waals surface area (Å²) >= 11 is 0. The van der Waals surface area contributed by atoms with Crippen molar-refractivity contribution in [3.8, 4) is 0 Å². The molecule has 3 nitrogen and oxygen atoms in total. The topological polar surface area (TPSA) is 41.6 Å². The molecule has 1 aromatic heterocycles. The molecule has 0 amide bonds. The van der Waals surface area contributed by atoms with Crippen molar-refractivity contribution in [1.29, 1.82) is 0 Å². The summed E-state index contributed by atoms with van der Waals surface area (Å²) in [6, 6.07) is 3.61. The van der Waals surface area contributed by atoms with E-state index < -0.39 is 11.6 Å². The van der Waals surface area contributed by atoms with Crippen LogP contribution in [0.2, 0.25) is 0 Å². The van der Waals surface area contributed by atoms with E-state index in [4.69, 9.17) is 0 Å². The molecule has 1 N–H and O–H groups in total. The molecule has 1 saturated carbocycles. The largest absolute Gasteiger partial charge is 0.263 e. The van der Waals surface area contributed by atoms with Gasteiger partial charge in [0, 0.05) is 18.4 Å². The number of nitrogens with one attached hydrogen (secondary N) is 1. The lowest BCUT2D eigenvalue weighted by atomic mass is 9.89. The van der Waals surface area contributed by atoms with Gasteiger partial charge in [-0.3, -0.25) is 5.10 Å². The van der Waals surface area contributed by atoms with Gasteiger partial charge in [-0.05, 0) is 24.5 Å². The Morgan fingerprint density at radius 3 is 2.70 bits per heavy atom. The van der Waals surface area contributed by atoms with Crippen LogP contribution in [-0.2, 0) is 6.42 Å². The van der Waals surface area contributed by atoms with Crippen molar-refractivity contribution >= 4 is 0 Å². The van der Waals surface area contributed by atoms with E-state index in [1.165, 1.54) is 31.4 Å². The van der Waals surface area contributed by atoms with E-state index in [2.05, 4.69) is 15.2 Å². The molecule has 20 heavy (non-hydrogen) atoms. The number of nitrogens with zero attached hydrogens (tertiary/aromatic N) is 2. The summed E-state index contributed by atoms with van der Waals surface area (Å²) in [6.45, 7) is 0. The normalized spacial score (nSPS) is 16.5. The number of halogens is 2. The molecule has 1 fully saturated rings. The Morgan fingerprint density at radius 2 is 1.95 bits per heavy atom. The smallest absolute Gasteiger partial charge is 0.153 e. The van der Waals surface area contributed by atoms with Gasteiger partial charge in [0.05, 0.1) is 0 Å². The summed E-state index contributed by atoms with van der Waals surface area (Å²) in [6.07, 6.45) is 6.30. The molecule has 1 aliphatic rings. The van der Waals surface area contributed by atoms with Crippen LogP contribution in [0.1, 0.15) is 55.2 Å². The number of hydrogen-bond acceptors (Lipinski definition) is 2. The standard InChI is InChI=1S/C15H17F2N3/c16-12-7-6-11(13(17)9-12)8-14-18-15(20-19-14)10-4-2-1-3-5-10/h6-7,9-10H,1-5,8H2,(H,18,19,20). The number of aromatic nitrogens is 3. The van der Waals surface area contributed by atoms with Gasteiger partial charge in [0.1, 0.15) is 17.5 Å². The summed E-state index contributed by atoms with van der Waals surface area (Å²) in [5, 5.41) is 7.12. The number of hydrogen-bond donors (Lipinski definition) is 1. The first-order valence-corrected chi connectivity index (χ1v) is 7.07. The fourth-order valence-corrected chi connectivity index (χ4v) is 2.78. The fraction of sp³-hybridized carbons (Fsp3) is 0.467. The molecular formula is C15H17F2N3. The van der Waals surface area contributed by atoms with Crippen LogP contribution < -0.4 is 0 Å². The zero-order chi connectivity index (χ0) is 13.9. The SMILES string of the molecule is Fc1ccc(Cc2nc(C3CCCCC3)n[nH]2)c(F)c1. The zero-order valence-corrected chi connectivity index (χ0v) is 11.2. The Bertz CT molecular complexity index is 589. The monoisotopic (exact) mass is 277 g/mol. The van der Waals surface area contributed by atoms with Gasteiger partial charge in [-0.15, -0.1) is 0 Å². The van der Waals surface area contributed by atoms with Crippen LogP contribution in [0.4, 0.5) is 8.78 Å². The highest BCUT2D eigenvalue weighted by molar-refractivity contribution is 5.22. The minimum absolute atomic E-state index is 0.311. The molecule has 0 spiro atoms. The molecular weight excluding hydrogens is 260 g/mol. The highest BCUT2D eigenvalue weighted by atomic mass is 19.1. The second-order valence-corrected chi connectivity index (χ2v) is 5.39. The van der Waals surface area contributed by atoms with Crippen LogP contribution in [-0.4, -0.2) is 15.2 Å². The highest BCUT2D eigenvalue weighted by Crippen LogP contribution is 2.30. The first-order valence-electron chi connectivity index (χ1n) is 7.07. The van der Waals surface area contributed by atoms with Gasteiger partial charge in [-0.1, -0.05) is 25.3 Å². The molecule has 0 radical (unpaired) electrons. The van der Waals surface area contributed by atoms with Crippen LogP contribution >= 0.6 is 0 Å². The second-order valence-electron chi connectivity index (χ2n) is 5.39. The maximum Gasteiger partial charge on any atom is 0.153 e. The van der Waals surface area contributed by atoms with Crippen molar-refractivity contribution in [2.45, 2.75) is 44.4 Å². The van der Waals surface area contributed by atoms with Gasteiger partial charge in [0.15, 0.2) is 5.82 Å². The van der Waals surface area contributed by atoms with Gasteiger partial charge >= 0.3 is 0 Å². The van der Waals surface area contributed by atoms with Crippen molar-refractivity contribution in [2.75, 3.05) is 0 Å². The lowest BCUT2D eigenvalue weighted by Gasteiger charge is -2.18. The van der Waals surface area contributed by atoms with Crippen molar-refractivity contribution in [3.05, 3.63) is 47.0 Å². The van der Waals surface area contributed by atoms with Gasteiger partial charge in [-0.25, -0.2) is 13.8 Å². The molecule has 106 valence electrons. The van der Waals surface area contributed by atoms with E-state index in [-0.39, 0.29) is 0 Å². The van der Waals surface area contributed by atoms with Crippen LogP contribution in [0.3, 0.4) is 0 Å². The second kappa shape index (κ2) is 5.69. The average molecular weight is 277 g/mol. The molecule has 0 bridgehead atoms. The molecule has 1 heterocycles. The maximum atomic E-state index is 13.6. The predicted octanol–water partition coefficient (Wildman–Crippen LogP) is 3.72. The minimum Gasteiger partial charge on any atom is -0.263 e. The van der Waals surface area contributed by atoms with Gasteiger partial charge in [-0.2, -0.15) is 5.10 Å². The predicted molar refractivity (Wildman–Crippen MR) is 71.4 cm³/mol. The van der Waals surface area contributed by atoms with Crippen LogP contribution in [0.15, 0.2) is 18.2 Å². The Hall–Kier alpha value is -1.78. The highest BCUT2D eigenvalue weighted by Gasteiger charge is 2.19. The summed E-state index contributed by atoms with van der Waals surface area (Å²) in [5.41, 5.74) is 0.428. The van der Waals surface area contributed by atoms with E-state index in [0.29, 0.717) is 23.7 Å². The van der Waals surface area contributed by atoms with E-state index >= 15 is 0 Å². The minimum atomic E-state index is -0.563. The molecule has 0 unspecified atom stereocenters.